The van der Waals surface area contributed by atoms with E-state index in [1.165, 1.54) is 48.2 Å². The van der Waals surface area contributed by atoms with E-state index in [0.717, 1.165) is 0 Å². The molecule has 0 aliphatic heterocycles. The monoisotopic (exact) mass is 1210 g/mol. The van der Waals surface area contributed by atoms with Crippen molar-refractivity contribution in [3.05, 3.63) is 302 Å². The highest BCUT2D eigenvalue weighted by Gasteiger charge is 2.34. The van der Waals surface area contributed by atoms with Crippen LogP contribution in [0.4, 0.5) is 22.0 Å². The summed E-state index contributed by atoms with van der Waals surface area (Å²) in [5, 5.41) is 15.2. The van der Waals surface area contributed by atoms with Gasteiger partial charge in [0.05, 0.1) is 5.30 Å². The molecule has 0 saturated heterocycles. The molecule has 12 aromatic carbocycles. The topological polar surface area (TPSA) is 0 Å². The third kappa shape index (κ3) is 11.8. The lowest BCUT2D eigenvalue weighted by molar-refractivity contribution is 0.384. The molecule has 0 fully saturated rings. The van der Waals surface area contributed by atoms with E-state index in [1.54, 1.807) is 115 Å². The molecular weight excluding hydrogens is 1170 g/mol. The Morgan fingerprint density at radius 1 is 0.250 bits per heavy atom. The Bertz CT molecular complexity index is 3760. The second kappa shape index (κ2) is 25.7. The first-order valence-electron chi connectivity index (χ1n) is 24.8. The van der Waals surface area contributed by atoms with Crippen molar-refractivity contribution in [3.63, 3.8) is 0 Å². The molecule has 0 aliphatic carbocycles. The van der Waals surface area contributed by atoms with Gasteiger partial charge in [-0.15, -0.1) is 0 Å². The average Bonchev–Trinajstić information content (AvgIpc) is 3.57. The zero-order chi connectivity index (χ0) is 56.0. The molecule has 14 heteroatoms. The van der Waals surface area contributed by atoms with E-state index >= 15 is 0 Å². The Balaban J connectivity index is 0.000000137. The highest BCUT2D eigenvalue weighted by molar-refractivity contribution is 7.81. The molecule has 0 heterocycles. The maximum atomic E-state index is 14.3. The van der Waals surface area contributed by atoms with Crippen LogP contribution in [0.15, 0.2) is 243 Å². The van der Waals surface area contributed by atoms with Gasteiger partial charge in [0, 0.05) is 30.1 Å². The third-order valence-corrected chi connectivity index (χ3v) is 20.4. The lowest BCUT2D eigenvalue weighted by atomic mass is 9.36. The summed E-state index contributed by atoms with van der Waals surface area (Å²) in [6.07, 6.45) is 0. The van der Waals surface area contributed by atoms with E-state index in [0.29, 0.717) is 57.1 Å². The highest BCUT2D eigenvalue weighted by atomic mass is 35.5. The molecule has 12 aromatic rings. The van der Waals surface area contributed by atoms with Gasteiger partial charge in [0.25, 0.3) is 6.71 Å². The molecule has 0 unspecified atom stereocenters. The molecule has 394 valence electrons. The van der Waals surface area contributed by atoms with Gasteiger partial charge in [0.1, 0.15) is 0 Å². The zero-order valence-electron chi connectivity index (χ0n) is 41.7. The van der Waals surface area contributed by atoms with Gasteiger partial charge in [0.15, 0.2) is 23.3 Å². The maximum Gasteiger partial charge on any atom is 0.252 e. The minimum atomic E-state index is -2.15. The number of benzene rings is 12. The van der Waals surface area contributed by atoms with Crippen molar-refractivity contribution in [3.8, 4) is 0 Å². The average molecular weight is 1210 g/mol. The summed E-state index contributed by atoms with van der Waals surface area (Å²) in [5.74, 6) is -9.58. The maximum absolute atomic E-state index is 14.3. The minimum absolute atomic E-state index is 0.476. The Labute approximate surface area is 492 Å². The van der Waals surface area contributed by atoms with Gasteiger partial charge in [-0.05, 0) is 127 Å². The first kappa shape index (κ1) is 57.0. The van der Waals surface area contributed by atoms with Crippen molar-refractivity contribution in [1.29, 1.82) is 0 Å². The highest BCUT2D eigenvalue weighted by Crippen LogP contribution is 2.41. The fourth-order valence-electron chi connectivity index (χ4n) is 9.74. The van der Waals surface area contributed by atoms with Crippen LogP contribution in [-0.4, -0.2) is 6.71 Å². The van der Waals surface area contributed by atoms with Crippen LogP contribution >= 0.6 is 85.4 Å². The molecule has 0 nitrogen and oxygen atoms in total. The largest absolute Gasteiger partial charge is 0.252 e. The van der Waals surface area contributed by atoms with Crippen molar-refractivity contribution < 1.29 is 22.0 Å². The number of hydrogen-bond donors (Lipinski definition) is 0. The Morgan fingerprint density at radius 2 is 0.500 bits per heavy atom. The Kier molecular flexibility index (Phi) is 18.3. The SMILES string of the molecule is Clc1cccc(Cl)c1B(c1c(Cl)cccc1Cl)c1c(Cl)cccc1Cl.Fc1c(F)c(F)c(P(c2ccccc2)c2ccccc2)c(F)c1F.c1ccc2c(P(c3cccc4ccccc34)c3cccc4ccccc34)cccc2c1. The van der Waals surface area contributed by atoms with Gasteiger partial charge in [-0.2, -0.15) is 0 Å². The van der Waals surface area contributed by atoms with Crippen LogP contribution < -0.4 is 48.2 Å². The van der Waals surface area contributed by atoms with Gasteiger partial charge < -0.3 is 0 Å². The van der Waals surface area contributed by atoms with Gasteiger partial charge in [-0.3, -0.25) is 0 Å². The van der Waals surface area contributed by atoms with Crippen molar-refractivity contribution >= 4 is 173 Å². The van der Waals surface area contributed by atoms with Crippen LogP contribution in [0.1, 0.15) is 0 Å². The zero-order valence-corrected chi connectivity index (χ0v) is 48.0. The summed E-state index contributed by atoms with van der Waals surface area (Å²) >= 11 is 38.9. The summed E-state index contributed by atoms with van der Waals surface area (Å²) in [6.45, 7) is -0.511. The van der Waals surface area contributed by atoms with Crippen molar-refractivity contribution in [2.45, 2.75) is 0 Å². The molecule has 0 atom stereocenters. The number of fused-ring (bicyclic) bond motifs is 3. The molecule has 0 saturated carbocycles. The summed E-state index contributed by atoms with van der Waals surface area (Å²) in [6, 6.07) is 78.9. The number of rotatable bonds is 9. The second-order valence-corrected chi connectivity index (χ2v) is 24.8. The predicted octanol–water partition coefficient (Wildman–Crippen LogP) is 17.2. The first-order valence-corrected chi connectivity index (χ1v) is 29.8. The molecule has 80 heavy (non-hydrogen) atoms. The van der Waals surface area contributed by atoms with E-state index in [2.05, 4.69) is 127 Å². The van der Waals surface area contributed by atoms with E-state index < -0.39 is 56.9 Å². The summed E-state index contributed by atoms with van der Waals surface area (Å²) < 4.78 is 69.3. The standard InChI is InChI=1S/C30H21P.C18H9BCl6.C18H10F5P/c1-4-16-25-22(10-1)13-7-19-28(25)31(29-20-8-14-23-11-2-5-17-26(23)29)30-21-9-15-24-12-3-6-18-27(24)30;20-10-4-1-5-11(21)16(10)19(17-12(22)6-2-7-13(17)23)18-14(24)8-3-9-15(18)25;19-13-14(20)16(22)18(17(23)15(13)21)24(11-7-3-1-4-8-11)12-9-5-2-6-10-12/h1-21H;1-9H;1-10H. The van der Waals surface area contributed by atoms with Gasteiger partial charge in [-0.25, -0.2) is 22.0 Å². The molecular formula is C66H40BCl6F5P2. The quantitative estimate of drug-likeness (QED) is 0.0444. The summed E-state index contributed by atoms with van der Waals surface area (Å²) in [5.41, 5.74) is 1.95. The minimum Gasteiger partial charge on any atom is -0.203 e. The molecule has 0 bridgehead atoms. The van der Waals surface area contributed by atoms with Crippen molar-refractivity contribution in [2.24, 2.45) is 0 Å². The Hall–Kier alpha value is -6.27. The number of halogens is 11. The molecule has 0 N–H and O–H groups in total. The Morgan fingerprint density at radius 3 is 0.812 bits per heavy atom. The van der Waals surface area contributed by atoms with E-state index in [-0.39, 0.29) is 0 Å². The molecule has 0 aliphatic rings. The van der Waals surface area contributed by atoms with E-state index in [4.69, 9.17) is 69.6 Å². The van der Waals surface area contributed by atoms with Crippen molar-refractivity contribution in [2.75, 3.05) is 0 Å². The first-order chi connectivity index (χ1) is 38.8. The van der Waals surface area contributed by atoms with Crippen LogP contribution in [0, 0.1) is 29.1 Å². The van der Waals surface area contributed by atoms with Crippen LogP contribution in [0.2, 0.25) is 30.1 Å². The van der Waals surface area contributed by atoms with Crippen LogP contribution in [0.25, 0.3) is 32.3 Å². The molecule has 0 amide bonds. The summed E-state index contributed by atoms with van der Waals surface area (Å²) in [4.78, 5) is 0. The molecule has 0 spiro atoms. The van der Waals surface area contributed by atoms with Gasteiger partial charge in [-0.1, -0.05) is 276 Å². The van der Waals surface area contributed by atoms with Gasteiger partial charge in [0.2, 0.25) is 5.82 Å². The fraction of sp³-hybridized carbons (Fsp3) is 0. The normalized spacial score (nSPS) is 11.2. The van der Waals surface area contributed by atoms with E-state index in [9.17, 15) is 22.0 Å². The summed E-state index contributed by atoms with van der Waals surface area (Å²) in [7, 11) is -2.67. The lowest BCUT2D eigenvalue weighted by Gasteiger charge is -2.24. The molecule has 0 radical (unpaired) electrons. The van der Waals surface area contributed by atoms with Crippen LogP contribution in [-0.2, 0) is 0 Å². The van der Waals surface area contributed by atoms with Crippen LogP contribution in [0.3, 0.4) is 0 Å². The predicted molar refractivity (Wildman–Crippen MR) is 337 cm³/mol. The molecule has 0 aromatic heterocycles. The fourth-order valence-corrected chi connectivity index (χ4v) is 16.8. The van der Waals surface area contributed by atoms with E-state index in [1.807, 2.05) is 0 Å². The molecule has 12 rings (SSSR count). The van der Waals surface area contributed by atoms with Crippen molar-refractivity contribution in [1.82, 2.24) is 0 Å². The third-order valence-electron chi connectivity index (χ3n) is 13.3. The van der Waals surface area contributed by atoms with Crippen LogP contribution in [0.5, 0.6) is 0 Å². The van der Waals surface area contributed by atoms with Gasteiger partial charge >= 0.3 is 0 Å². The second-order valence-electron chi connectivity index (χ2n) is 18.1. The smallest absolute Gasteiger partial charge is 0.203 e. The lowest BCUT2D eigenvalue weighted by Crippen LogP contribution is -2.54. The number of hydrogen-bond acceptors (Lipinski definition) is 0.